The lowest BCUT2D eigenvalue weighted by Crippen LogP contribution is -2.41. The fourth-order valence-corrected chi connectivity index (χ4v) is 12.1. The van der Waals surface area contributed by atoms with Crippen LogP contribution in [0.15, 0.2) is 121 Å². The predicted octanol–water partition coefficient (Wildman–Crippen LogP) is 12.7. The molecule has 2 saturated carbocycles. The summed E-state index contributed by atoms with van der Waals surface area (Å²) in [5.41, 5.74) is 11.5. The van der Waals surface area contributed by atoms with Gasteiger partial charge in [0.05, 0.1) is 34.8 Å². The molecule has 0 saturated heterocycles. The normalized spacial score (nSPS) is 23.8. The van der Waals surface area contributed by atoms with Crippen LogP contribution in [-0.2, 0) is 33.3 Å². The van der Waals surface area contributed by atoms with Gasteiger partial charge in [-0.2, -0.15) is 10.2 Å². The van der Waals surface area contributed by atoms with Gasteiger partial charge in [0.2, 0.25) is 0 Å². The zero-order valence-corrected chi connectivity index (χ0v) is 36.3. The highest BCUT2D eigenvalue weighted by atomic mass is 19.1. The third-order valence-electron chi connectivity index (χ3n) is 15.4. The standard InChI is InChI=1S/C31H29FN2O.C24H25FN2O/c1-2-31-19-23(15-21-7-4-3-5-8-21)30(35)18-25(31)10-6-9-22-17-29-24(16-28(22)31)20-33-34(29)27-13-11-26(32)12-14-27;1-2-24-11-10-21(28)14-18(24)5-3-4-16-13-23-17(12-22(16)24)15-26-27(23)20-8-6-19(25)7-9-20/h3-5,7-8,11-17,20,25H,2,6,9-10,18-19H2,1H3;6-9,12-13,15,18H,2-5,10-11,14H2,1H3/b23-15+;/t25-,31-;18-,24-/m11/s1. The van der Waals surface area contributed by atoms with Gasteiger partial charge in [0.1, 0.15) is 17.4 Å². The van der Waals surface area contributed by atoms with E-state index in [0.29, 0.717) is 36.2 Å². The number of halogens is 2. The number of rotatable bonds is 5. The van der Waals surface area contributed by atoms with Gasteiger partial charge < -0.3 is 0 Å². The van der Waals surface area contributed by atoms with Crippen molar-refractivity contribution in [3.8, 4) is 11.4 Å². The number of nitrogens with zero attached hydrogens (tertiary/aromatic N) is 4. The van der Waals surface area contributed by atoms with Gasteiger partial charge in [-0.3, -0.25) is 9.59 Å². The predicted molar refractivity (Wildman–Crippen MR) is 246 cm³/mol. The van der Waals surface area contributed by atoms with E-state index in [2.05, 4.69) is 66.5 Å². The first-order valence-electron chi connectivity index (χ1n) is 23.0. The van der Waals surface area contributed by atoms with E-state index in [1.165, 1.54) is 46.5 Å². The van der Waals surface area contributed by atoms with Gasteiger partial charge in [-0.1, -0.05) is 44.2 Å². The van der Waals surface area contributed by atoms with Crippen LogP contribution < -0.4 is 0 Å². The van der Waals surface area contributed by atoms with E-state index in [4.69, 9.17) is 0 Å². The number of aryl methyl sites for hydroxylation is 2. The zero-order valence-electron chi connectivity index (χ0n) is 36.3. The number of benzene rings is 5. The van der Waals surface area contributed by atoms with Crippen molar-refractivity contribution in [2.75, 3.05) is 0 Å². The summed E-state index contributed by atoms with van der Waals surface area (Å²) in [6.07, 6.45) is 18.3. The maximum absolute atomic E-state index is 13.5. The van der Waals surface area contributed by atoms with Crippen LogP contribution in [0.5, 0.6) is 0 Å². The van der Waals surface area contributed by atoms with Crippen LogP contribution in [0.3, 0.4) is 0 Å². The minimum absolute atomic E-state index is 0.0491. The maximum Gasteiger partial charge on any atom is 0.159 e. The first-order valence-corrected chi connectivity index (χ1v) is 23.0. The molecule has 4 aliphatic rings. The molecule has 5 aromatic carbocycles. The van der Waals surface area contributed by atoms with E-state index in [1.807, 2.05) is 40.0 Å². The van der Waals surface area contributed by atoms with E-state index >= 15 is 0 Å². The summed E-state index contributed by atoms with van der Waals surface area (Å²) >= 11 is 0. The molecule has 0 aliphatic heterocycles. The summed E-state index contributed by atoms with van der Waals surface area (Å²) in [5, 5.41) is 11.5. The minimum Gasteiger partial charge on any atom is -0.300 e. The van der Waals surface area contributed by atoms with Crippen molar-refractivity contribution in [1.29, 1.82) is 0 Å². The molecule has 320 valence electrons. The van der Waals surface area contributed by atoms with Crippen LogP contribution in [0.25, 0.3) is 39.3 Å². The molecule has 4 atom stereocenters. The molecule has 4 aliphatic carbocycles. The molecule has 0 bridgehead atoms. The topological polar surface area (TPSA) is 69.8 Å². The molecule has 63 heavy (non-hydrogen) atoms. The number of aromatic nitrogens is 4. The Balaban J connectivity index is 0.000000153. The van der Waals surface area contributed by atoms with Crippen LogP contribution in [0.1, 0.15) is 112 Å². The summed E-state index contributed by atoms with van der Waals surface area (Å²) < 4.78 is 30.6. The van der Waals surface area contributed by atoms with Gasteiger partial charge in [0, 0.05) is 35.4 Å². The Bertz CT molecular complexity index is 2880. The molecule has 2 aromatic heterocycles. The quantitative estimate of drug-likeness (QED) is 0.162. The van der Waals surface area contributed by atoms with Crippen molar-refractivity contribution >= 4 is 39.4 Å². The van der Waals surface area contributed by atoms with Crippen LogP contribution >= 0.6 is 0 Å². The van der Waals surface area contributed by atoms with Crippen molar-refractivity contribution in [3.63, 3.8) is 0 Å². The van der Waals surface area contributed by atoms with Gasteiger partial charge in [-0.05, 0) is 194 Å². The fourth-order valence-electron chi connectivity index (χ4n) is 12.1. The van der Waals surface area contributed by atoms with Crippen molar-refractivity contribution in [1.82, 2.24) is 19.6 Å². The average molecular weight is 841 g/mol. The second kappa shape index (κ2) is 16.6. The molecule has 11 rings (SSSR count). The van der Waals surface area contributed by atoms with Crippen LogP contribution in [0.2, 0.25) is 0 Å². The largest absolute Gasteiger partial charge is 0.300 e. The van der Waals surface area contributed by atoms with E-state index < -0.39 is 0 Å². The average Bonchev–Trinajstić information content (AvgIpc) is 3.83. The Labute approximate surface area is 368 Å². The van der Waals surface area contributed by atoms with Crippen LogP contribution in [-0.4, -0.2) is 31.1 Å². The summed E-state index contributed by atoms with van der Waals surface area (Å²) in [7, 11) is 0. The Morgan fingerprint density at radius 3 is 1.71 bits per heavy atom. The molecule has 0 N–H and O–H groups in total. The monoisotopic (exact) mass is 840 g/mol. The van der Waals surface area contributed by atoms with Crippen LogP contribution in [0, 0.1) is 23.5 Å². The molecule has 0 radical (unpaired) electrons. The number of Topliss-reactive ketones (excluding diaryl/α,β-unsaturated/α-hetero) is 2. The molecule has 8 heteroatoms. The highest BCUT2D eigenvalue weighted by Crippen LogP contribution is 2.53. The zero-order chi connectivity index (χ0) is 43.3. The number of hydrogen-bond acceptors (Lipinski definition) is 4. The second-order valence-corrected chi connectivity index (χ2v) is 18.5. The highest BCUT2D eigenvalue weighted by Gasteiger charge is 2.48. The first-order chi connectivity index (χ1) is 30.7. The lowest BCUT2D eigenvalue weighted by atomic mass is 9.58. The number of hydrogen-bond donors (Lipinski definition) is 0. The molecule has 0 spiro atoms. The summed E-state index contributed by atoms with van der Waals surface area (Å²) in [5.74, 6) is 1.07. The maximum atomic E-state index is 13.5. The number of carbonyl (C=O) groups is 2. The smallest absolute Gasteiger partial charge is 0.159 e. The number of ketones is 2. The Hall–Kier alpha value is -6.02. The van der Waals surface area contributed by atoms with Crippen molar-refractivity contribution in [3.05, 3.63) is 161 Å². The molecule has 0 unspecified atom stereocenters. The minimum atomic E-state index is -0.249. The number of allylic oxidation sites excluding steroid dienone is 1. The number of carbonyl (C=O) groups excluding carboxylic acids is 2. The molecule has 0 amide bonds. The molecule has 2 heterocycles. The van der Waals surface area contributed by atoms with E-state index in [1.54, 1.807) is 24.3 Å². The summed E-state index contributed by atoms with van der Waals surface area (Å²) in [6.45, 7) is 4.56. The van der Waals surface area contributed by atoms with E-state index in [9.17, 15) is 18.4 Å². The SMILES string of the molecule is CC[C@@]12C/C(=C\c3ccccc3)C(=O)C[C@H]1CCCc1cc3c(cnn3-c3ccc(F)cc3)cc12.CC[C@@]12CCC(=O)C[C@H]1CCCc1cc3c(cnn3-c3ccc(F)cc3)cc12. The second-order valence-electron chi connectivity index (χ2n) is 18.5. The highest BCUT2D eigenvalue weighted by molar-refractivity contribution is 6.01. The van der Waals surface area contributed by atoms with E-state index in [0.717, 1.165) is 115 Å². The van der Waals surface area contributed by atoms with Gasteiger partial charge >= 0.3 is 0 Å². The molecule has 2 fully saturated rings. The van der Waals surface area contributed by atoms with Crippen molar-refractivity contribution in [2.24, 2.45) is 11.8 Å². The van der Waals surface area contributed by atoms with Gasteiger partial charge in [0.25, 0.3) is 0 Å². The molecular weight excluding hydrogens is 787 g/mol. The van der Waals surface area contributed by atoms with Crippen LogP contribution in [0.4, 0.5) is 8.78 Å². The van der Waals surface area contributed by atoms with Gasteiger partial charge in [-0.25, -0.2) is 18.1 Å². The Morgan fingerprint density at radius 1 is 0.651 bits per heavy atom. The Kier molecular flexibility index (Phi) is 10.8. The summed E-state index contributed by atoms with van der Waals surface area (Å²) in [6, 6.07) is 32.4. The Morgan fingerprint density at radius 2 is 1.17 bits per heavy atom. The molecule has 6 nitrogen and oxygen atoms in total. The number of fused-ring (bicyclic) bond motifs is 8. The van der Waals surface area contributed by atoms with Gasteiger partial charge in [0.15, 0.2) is 5.78 Å². The third-order valence-corrected chi connectivity index (χ3v) is 15.4. The summed E-state index contributed by atoms with van der Waals surface area (Å²) in [4.78, 5) is 25.4. The lowest BCUT2D eigenvalue weighted by Gasteiger charge is -2.44. The fraction of sp³-hybridized carbons (Fsp3) is 0.345. The third kappa shape index (κ3) is 7.35. The van der Waals surface area contributed by atoms with E-state index in [-0.39, 0.29) is 22.5 Å². The first kappa shape index (κ1) is 41.0. The molecule has 7 aromatic rings. The van der Waals surface area contributed by atoms with Crippen molar-refractivity contribution < 1.29 is 18.4 Å². The van der Waals surface area contributed by atoms with Gasteiger partial charge in [-0.15, -0.1) is 0 Å². The molecular formula is C55H54F2N4O2. The lowest BCUT2D eigenvalue weighted by molar-refractivity contribution is -0.123. The van der Waals surface area contributed by atoms with Crippen molar-refractivity contribution in [2.45, 2.75) is 108 Å².